The van der Waals surface area contributed by atoms with Crippen LogP contribution in [-0.4, -0.2) is 12.7 Å². The lowest BCUT2D eigenvalue weighted by Gasteiger charge is -2.41. The standard InChI is InChI=1S/C24H38F2O/c1-2-3-4-19-7-15-23(27-17-19)22-13-11-21(12-14-22)20-9-5-18(6-10-20)8-16-24(25)26/h2,16,18-23H,1,3-15,17H2. The van der Waals surface area contributed by atoms with Gasteiger partial charge in [0.15, 0.2) is 0 Å². The molecular formula is C24H38F2O. The van der Waals surface area contributed by atoms with E-state index in [1.54, 1.807) is 0 Å². The van der Waals surface area contributed by atoms with Crippen LogP contribution in [0.5, 0.6) is 0 Å². The first-order valence-electron chi connectivity index (χ1n) is 11.4. The second-order valence-electron chi connectivity index (χ2n) is 9.37. The van der Waals surface area contributed by atoms with E-state index >= 15 is 0 Å². The molecule has 0 amide bonds. The van der Waals surface area contributed by atoms with E-state index in [0.29, 0.717) is 18.4 Å². The Kier molecular flexibility index (Phi) is 8.36. The highest BCUT2D eigenvalue weighted by Gasteiger charge is 2.35. The Hall–Kier alpha value is -0.700. The third-order valence-corrected chi connectivity index (χ3v) is 7.69. The van der Waals surface area contributed by atoms with Gasteiger partial charge >= 0.3 is 0 Å². The largest absolute Gasteiger partial charge is 0.378 e. The van der Waals surface area contributed by atoms with Gasteiger partial charge in [0.05, 0.1) is 6.10 Å². The normalized spacial score (nSPS) is 37.6. The molecule has 0 radical (unpaired) electrons. The quantitative estimate of drug-likeness (QED) is 0.415. The fourth-order valence-corrected chi connectivity index (χ4v) is 5.92. The van der Waals surface area contributed by atoms with Crippen molar-refractivity contribution < 1.29 is 13.5 Å². The number of ether oxygens (including phenoxy) is 1. The van der Waals surface area contributed by atoms with Crippen LogP contribution in [0.15, 0.2) is 24.8 Å². The van der Waals surface area contributed by atoms with E-state index in [0.717, 1.165) is 55.6 Å². The molecule has 3 aliphatic rings. The van der Waals surface area contributed by atoms with Gasteiger partial charge in [0, 0.05) is 6.61 Å². The van der Waals surface area contributed by atoms with Crippen molar-refractivity contribution in [2.45, 2.75) is 89.6 Å². The second-order valence-corrected chi connectivity index (χ2v) is 9.37. The van der Waals surface area contributed by atoms with Gasteiger partial charge in [0.2, 0.25) is 0 Å². The van der Waals surface area contributed by atoms with Crippen molar-refractivity contribution in [2.75, 3.05) is 6.61 Å². The summed E-state index contributed by atoms with van der Waals surface area (Å²) in [7, 11) is 0. The van der Waals surface area contributed by atoms with Crippen LogP contribution in [0.1, 0.15) is 83.5 Å². The van der Waals surface area contributed by atoms with E-state index in [1.165, 1.54) is 57.8 Å². The fourth-order valence-electron chi connectivity index (χ4n) is 5.92. The highest BCUT2D eigenvalue weighted by atomic mass is 19.3. The second kappa shape index (κ2) is 10.7. The molecule has 0 bridgehead atoms. The minimum atomic E-state index is -1.51. The van der Waals surface area contributed by atoms with E-state index < -0.39 is 6.08 Å². The van der Waals surface area contributed by atoms with Crippen LogP contribution in [0.25, 0.3) is 0 Å². The first-order chi connectivity index (χ1) is 13.2. The number of hydrogen-bond acceptors (Lipinski definition) is 1. The number of halogens is 2. The summed E-state index contributed by atoms with van der Waals surface area (Å²) in [6.07, 6.45) is 17.9. The van der Waals surface area contributed by atoms with E-state index in [-0.39, 0.29) is 0 Å². The maximum atomic E-state index is 12.3. The minimum Gasteiger partial charge on any atom is -0.378 e. The lowest BCUT2D eigenvalue weighted by molar-refractivity contribution is -0.0615. The van der Waals surface area contributed by atoms with E-state index in [1.807, 2.05) is 6.08 Å². The molecule has 0 aromatic rings. The summed E-state index contributed by atoms with van der Waals surface area (Å²) in [4.78, 5) is 0. The van der Waals surface area contributed by atoms with Crippen molar-refractivity contribution in [3.05, 3.63) is 24.8 Å². The Labute approximate surface area is 164 Å². The van der Waals surface area contributed by atoms with Crippen LogP contribution in [-0.2, 0) is 4.74 Å². The van der Waals surface area contributed by atoms with Gasteiger partial charge in [0.1, 0.15) is 0 Å². The summed E-state index contributed by atoms with van der Waals surface area (Å²) in [5, 5.41) is 0. The third kappa shape index (κ3) is 6.41. The predicted molar refractivity (Wildman–Crippen MR) is 108 cm³/mol. The van der Waals surface area contributed by atoms with Crippen molar-refractivity contribution in [2.24, 2.45) is 29.6 Å². The molecule has 1 heterocycles. The molecule has 154 valence electrons. The van der Waals surface area contributed by atoms with Crippen LogP contribution in [0.3, 0.4) is 0 Å². The first kappa shape index (κ1) is 21.0. The third-order valence-electron chi connectivity index (χ3n) is 7.69. The van der Waals surface area contributed by atoms with E-state index in [4.69, 9.17) is 4.74 Å². The number of rotatable bonds is 7. The zero-order valence-corrected chi connectivity index (χ0v) is 16.9. The zero-order chi connectivity index (χ0) is 19.1. The van der Waals surface area contributed by atoms with Crippen LogP contribution >= 0.6 is 0 Å². The summed E-state index contributed by atoms with van der Waals surface area (Å²) < 4.78 is 30.8. The Bertz CT molecular complexity index is 461. The van der Waals surface area contributed by atoms with Gasteiger partial charge in [-0.05, 0) is 119 Å². The highest BCUT2D eigenvalue weighted by Crippen LogP contribution is 2.44. The Morgan fingerprint density at radius 2 is 1.41 bits per heavy atom. The SMILES string of the molecule is C=CCCC1CCC(C2CCC(C3CCC(CC=C(F)F)CC3)CC2)OC1. The van der Waals surface area contributed by atoms with Crippen LogP contribution < -0.4 is 0 Å². The van der Waals surface area contributed by atoms with Crippen molar-refractivity contribution in [3.8, 4) is 0 Å². The molecular weight excluding hydrogens is 342 g/mol. The monoisotopic (exact) mass is 380 g/mol. The summed E-state index contributed by atoms with van der Waals surface area (Å²) in [5.41, 5.74) is 0. The molecule has 2 atom stereocenters. The molecule has 1 nitrogen and oxygen atoms in total. The van der Waals surface area contributed by atoms with Crippen LogP contribution in [0.4, 0.5) is 8.78 Å². The smallest absolute Gasteiger partial charge is 0.266 e. The number of hydrogen-bond donors (Lipinski definition) is 0. The Morgan fingerprint density at radius 1 is 0.815 bits per heavy atom. The lowest BCUT2D eigenvalue weighted by Crippen LogP contribution is -2.35. The molecule has 0 aromatic carbocycles. The van der Waals surface area contributed by atoms with Gasteiger partial charge in [-0.15, -0.1) is 6.58 Å². The average molecular weight is 381 g/mol. The zero-order valence-electron chi connectivity index (χ0n) is 16.9. The van der Waals surface area contributed by atoms with E-state index in [9.17, 15) is 8.78 Å². The maximum Gasteiger partial charge on any atom is 0.266 e. The molecule has 1 aliphatic heterocycles. The Balaban J connectivity index is 1.34. The van der Waals surface area contributed by atoms with Crippen molar-refractivity contribution in [1.82, 2.24) is 0 Å². The van der Waals surface area contributed by atoms with Crippen molar-refractivity contribution >= 4 is 0 Å². The minimum absolute atomic E-state index is 0.490. The van der Waals surface area contributed by atoms with E-state index in [2.05, 4.69) is 6.58 Å². The van der Waals surface area contributed by atoms with Gasteiger partial charge in [-0.3, -0.25) is 0 Å². The number of allylic oxidation sites excluding steroid dienone is 2. The topological polar surface area (TPSA) is 9.23 Å². The molecule has 27 heavy (non-hydrogen) atoms. The first-order valence-corrected chi connectivity index (χ1v) is 11.4. The molecule has 3 fully saturated rings. The molecule has 3 heteroatoms. The van der Waals surface area contributed by atoms with Crippen molar-refractivity contribution in [1.29, 1.82) is 0 Å². The summed E-state index contributed by atoms with van der Waals surface area (Å²) in [5.74, 6) is 3.72. The Morgan fingerprint density at radius 3 is 1.96 bits per heavy atom. The van der Waals surface area contributed by atoms with Crippen molar-refractivity contribution in [3.63, 3.8) is 0 Å². The maximum absolute atomic E-state index is 12.3. The molecule has 3 rings (SSSR count). The summed E-state index contributed by atoms with van der Waals surface area (Å²) in [6, 6.07) is 0. The highest BCUT2D eigenvalue weighted by molar-refractivity contribution is 4.88. The molecule has 2 unspecified atom stereocenters. The van der Waals surface area contributed by atoms with Crippen LogP contribution in [0.2, 0.25) is 0 Å². The fraction of sp³-hybridized carbons (Fsp3) is 0.833. The van der Waals surface area contributed by atoms with Gasteiger partial charge in [-0.25, -0.2) is 0 Å². The van der Waals surface area contributed by atoms with Gasteiger partial charge in [-0.1, -0.05) is 6.08 Å². The van der Waals surface area contributed by atoms with Crippen LogP contribution in [0, 0.1) is 29.6 Å². The molecule has 0 N–H and O–H groups in total. The van der Waals surface area contributed by atoms with Gasteiger partial charge in [-0.2, -0.15) is 8.78 Å². The molecule has 1 saturated heterocycles. The van der Waals surface area contributed by atoms with Gasteiger partial charge < -0.3 is 4.74 Å². The summed E-state index contributed by atoms with van der Waals surface area (Å²) in [6.45, 7) is 4.78. The molecule has 2 aliphatic carbocycles. The molecule has 0 spiro atoms. The predicted octanol–water partition coefficient (Wildman–Crippen LogP) is 7.53. The van der Waals surface area contributed by atoms with Gasteiger partial charge in [0.25, 0.3) is 6.08 Å². The lowest BCUT2D eigenvalue weighted by atomic mass is 9.67. The molecule has 2 saturated carbocycles. The average Bonchev–Trinajstić information content (AvgIpc) is 2.72. The molecule has 0 aromatic heterocycles. The summed E-state index contributed by atoms with van der Waals surface area (Å²) >= 11 is 0.